The number of nitrogens with one attached hydrogen (secondary N) is 2. The third kappa shape index (κ3) is 12.1. The average Bonchev–Trinajstić information content (AvgIpc) is 3.68. The van der Waals surface area contributed by atoms with Gasteiger partial charge in [-0.1, -0.05) is 116 Å². The van der Waals surface area contributed by atoms with Gasteiger partial charge in [0.1, 0.15) is 6.04 Å². The van der Waals surface area contributed by atoms with Gasteiger partial charge in [0.25, 0.3) is 0 Å². The number of rotatable bonds is 21. The van der Waals surface area contributed by atoms with E-state index in [-0.39, 0.29) is 53.8 Å². The van der Waals surface area contributed by atoms with Crippen molar-refractivity contribution in [1.29, 1.82) is 0 Å². The van der Waals surface area contributed by atoms with Crippen molar-refractivity contribution >= 4 is 23.6 Å². The molecule has 4 N–H and O–H groups in total. The minimum Gasteiger partial charge on any atom is -0.379 e. The number of benzene rings is 2. The molecule has 0 bridgehead atoms. The van der Waals surface area contributed by atoms with Crippen molar-refractivity contribution in [1.82, 2.24) is 25.3 Å². The van der Waals surface area contributed by atoms with Gasteiger partial charge < -0.3 is 35.6 Å². The Morgan fingerprint density at radius 1 is 0.825 bits per heavy atom. The maximum Gasteiger partial charge on any atom is 0.245 e. The van der Waals surface area contributed by atoms with Crippen LogP contribution in [0.1, 0.15) is 97.4 Å². The van der Waals surface area contributed by atoms with Gasteiger partial charge in [-0.2, -0.15) is 0 Å². The molecule has 57 heavy (non-hydrogen) atoms. The number of hydrogen-bond donors (Lipinski definition) is 3. The van der Waals surface area contributed by atoms with Crippen molar-refractivity contribution in [3.8, 4) is 0 Å². The number of nitrogens with zero attached hydrogens (tertiary/aromatic N) is 3. The molecule has 12 heteroatoms. The summed E-state index contributed by atoms with van der Waals surface area (Å²) in [5.41, 5.74) is 8.59. The molecular weight excluding hydrogens is 721 g/mol. The van der Waals surface area contributed by atoms with Gasteiger partial charge in [-0.05, 0) is 55.8 Å². The van der Waals surface area contributed by atoms with Gasteiger partial charge in [-0.3, -0.25) is 24.1 Å². The molecule has 6 unspecified atom stereocenters. The van der Waals surface area contributed by atoms with Gasteiger partial charge in [0, 0.05) is 27.8 Å². The van der Waals surface area contributed by atoms with E-state index in [0.29, 0.717) is 13.0 Å². The maximum atomic E-state index is 14.4. The number of likely N-dealkylation sites (N-methyl/N-ethyl adjacent to an activating group) is 2. The predicted octanol–water partition coefficient (Wildman–Crippen LogP) is 5.19. The van der Waals surface area contributed by atoms with Crippen molar-refractivity contribution in [3.63, 3.8) is 0 Å². The maximum absolute atomic E-state index is 14.4. The SMILES string of the molecule is CC[C@H](C)[C@@H](C(CC(=O)N1CCCC1C(OC)C(C)C(=O)N[C@@H](c1ccccc1)C(N)c1ccccc1)OC)N(C)C(=O)[C@@H](NC(=O)C(C(C)C)N(C)C)C(C)C. The van der Waals surface area contributed by atoms with Crippen LogP contribution in [0.15, 0.2) is 60.7 Å². The Kier molecular flexibility index (Phi) is 18.6. The van der Waals surface area contributed by atoms with Crippen molar-refractivity contribution in [2.75, 3.05) is 41.9 Å². The van der Waals surface area contributed by atoms with Crippen LogP contribution in [0.2, 0.25) is 0 Å². The molecule has 1 saturated heterocycles. The minimum absolute atomic E-state index is 0.0185. The number of ether oxygens (including phenoxy) is 2. The van der Waals surface area contributed by atoms with Crippen LogP contribution in [0.5, 0.6) is 0 Å². The first-order valence-electron chi connectivity index (χ1n) is 20.7. The van der Waals surface area contributed by atoms with E-state index in [4.69, 9.17) is 15.2 Å². The van der Waals surface area contributed by atoms with E-state index >= 15 is 0 Å². The number of likely N-dealkylation sites (tertiary alicyclic amines) is 1. The number of carbonyl (C=O) groups excluding carboxylic acids is 4. The molecule has 4 amide bonds. The lowest BCUT2D eigenvalue weighted by Gasteiger charge is -2.41. The van der Waals surface area contributed by atoms with E-state index in [9.17, 15) is 19.2 Å². The number of amides is 4. The molecule has 318 valence electrons. The highest BCUT2D eigenvalue weighted by atomic mass is 16.5. The summed E-state index contributed by atoms with van der Waals surface area (Å²) >= 11 is 0. The van der Waals surface area contributed by atoms with E-state index in [0.717, 1.165) is 24.0 Å². The summed E-state index contributed by atoms with van der Waals surface area (Å²) in [7, 11) is 8.63. The molecule has 0 spiro atoms. The lowest BCUT2D eigenvalue weighted by atomic mass is 9.89. The zero-order chi connectivity index (χ0) is 42.6. The fourth-order valence-corrected chi connectivity index (χ4v) is 8.60. The Bertz CT molecular complexity index is 1550. The van der Waals surface area contributed by atoms with Crippen molar-refractivity contribution in [2.24, 2.45) is 29.4 Å². The fraction of sp³-hybridized carbons (Fsp3) is 0.644. The largest absolute Gasteiger partial charge is 0.379 e. The number of methoxy groups -OCH3 is 2. The number of nitrogens with two attached hydrogens (primary N) is 1. The average molecular weight is 793 g/mol. The van der Waals surface area contributed by atoms with Crippen molar-refractivity contribution in [2.45, 2.75) is 123 Å². The second-order valence-corrected chi connectivity index (χ2v) is 16.8. The highest BCUT2D eigenvalue weighted by molar-refractivity contribution is 5.90. The smallest absolute Gasteiger partial charge is 0.245 e. The summed E-state index contributed by atoms with van der Waals surface area (Å²) in [6, 6.07) is 16.5. The zero-order valence-electron chi connectivity index (χ0n) is 36.6. The standard InChI is InChI=1S/C45H72N6O6/c1-13-30(6)41(50(10)45(55)38(28(2)3)47-44(54)40(29(4)5)49(8)9)35(56-11)27-36(52)51-26-20-25-34(51)42(57-12)31(7)43(53)48-39(33-23-18-15-19-24-33)37(46)32-21-16-14-17-22-32/h14-19,21-24,28-31,34-35,37-42H,13,20,25-27,46H2,1-12H3,(H,47,54)(H,48,53)/t30-,31?,34?,35?,37?,38-,39-,40?,41-,42?/m0/s1. The van der Waals surface area contributed by atoms with E-state index in [1.54, 1.807) is 26.2 Å². The Balaban J connectivity index is 1.82. The van der Waals surface area contributed by atoms with E-state index in [2.05, 4.69) is 24.5 Å². The molecular formula is C45H72N6O6. The number of carbonyl (C=O) groups is 4. The van der Waals surface area contributed by atoms with Crippen LogP contribution < -0.4 is 16.4 Å². The summed E-state index contributed by atoms with van der Waals surface area (Å²) in [5, 5.41) is 6.28. The molecule has 1 heterocycles. The van der Waals surface area contributed by atoms with Crippen LogP contribution in [0, 0.1) is 23.7 Å². The Morgan fingerprint density at radius 3 is 1.89 bits per heavy atom. The first kappa shape index (κ1) is 47.5. The first-order valence-corrected chi connectivity index (χ1v) is 20.7. The number of hydrogen-bond acceptors (Lipinski definition) is 8. The second kappa shape index (κ2) is 22.3. The monoisotopic (exact) mass is 793 g/mol. The zero-order valence-corrected chi connectivity index (χ0v) is 36.6. The molecule has 0 radical (unpaired) electrons. The lowest BCUT2D eigenvalue weighted by Crippen LogP contribution is -2.59. The summed E-state index contributed by atoms with van der Waals surface area (Å²) in [4.78, 5) is 61.6. The van der Waals surface area contributed by atoms with Crippen LogP contribution in [-0.2, 0) is 28.7 Å². The molecule has 0 aliphatic carbocycles. The van der Waals surface area contributed by atoms with E-state index in [1.165, 1.54) is 0 Å². The van der Waals surface area contributed by atoms with Crippen LogP contribution in [0.3, 0.4) is 0 Å². The van der Waals surface area contributed by atoms with Gasteiger partial charge in [-0.15, -0.1) is 0 Å². The third-order valence-electron chi connectivity index (χ3n) is 11.9. The molecule has 2 aromatic rings. The van der Waals surface area contributed by atoms with Crippen molar-refractivity contribution < 1.29 is 28.7 Å². The minimum atomic E-state index is -0.759. The fourth-order valence-electron chi connectivity index (χ4n) is 8.60. The Labute approximate surface area is 342 Å². The van der Waals surface area contributed by atoms with Crippen LogP contribution >= 0.6 is 0 Å². The van der Waals surface area contributed by atoms with Crippen LogP contribution in [0.4, 0.5) is 0 Å². The van der Waals surface area contributed by atoms with Crippen molar-refractivity contribution in [3.05, 3.63) is 71.8 Å². The molecule has 1 aliphatic heterocycles. The molecule has 0 saturated carbocycles. The summed E-state index contributed by atoms with van der Waals surface area (Å²) < 4.78 is 12.1. The van der Waals surface area contributed by atoms with Gasteiger partial charge in [-0.25, -0.2) is 0 Å². The summed E-state index contributed by atoms with van der Waals surface area (Å²) in [5.74, 6) is -1.51. The quantitative estimate of drug-likeness (QED) is 0.157. The first-order chi connectivity index (χ1) is 27.0. The molecule has 1 fully saturated rings. The Hall–Kier alpha value is -3.84. The summed E-state index contributed by atoms with van der Waals surface area (Å²) in [6.07, 6.45) is 1.02. The topological polar surface area (TPSA) is 147 Å². The molecule has 1 aliphatic rings. The lowest BCUT2D eigenvalue weighted by molar-refractivity contribution is -0.148. The van der Waals surface area contributed by atoms with E-state index in [1.807, 2.05) is 119 Å². The molecule has 0 aromatic heterocycles. The normalized spacial score (nSPS) is 19.3. The highest BCUT2D eigenvalue weighted by Crippen LogP contribution is 2.32. The van der Waals surface area contributed by atoms with Gasteiger partial charge >= 0.3 is 0 Å². The van der Waals surface area contributed by atoms with Gasteiger partial charge in [0.05, 0.1) is 54.8 Å². The van der Waals surface area contributed by atoms with Gasteiger partial charge in [0.2, 0.25) is 23.6 Å². The summed E-state index contributed by atoms with van der Waals surface area (Å²) in [6.45, 7) is 14.3. The second-order valence-electron chi connectivity index (χ2n) is 16.8. The van der Waals surface area contributed by atoms with Crippen LogP contribution in [0.25, 0.3) is 0 Å². The van der Waals surface area contributed by atoms with E-state index < -0.39 is 48.3 Å². The molecule has 10 atom stereocenters. The highest BCUT2D eigenvalue weighted by Gasteiger charge is 2.43. The molecule has 2 aromatic carbocycles. The molecule has 12 nitrogen and oxygen atoms in total. The van der Waals surface area contributed by atoms with Crippen LogP contribution in [-0.4, -0.2) is 117 Å². The third-order valence-corrected chi connectivity index (χ3v) is 11.9. The molecule has 3 rings (SSSR count). The van der Waals surface area contributed by atoms with Gasteiger partial charge in [0.15, 0.2) is 0 Å². The Morgan fingerprint density at radius 2 is 1.40 bits per heavy atom. The predicted molar refractivity (Wildman–Crippen MR) is 226 cm³/mol.